The van der Waals surface area contributed by atoms with E-state index in [1.54, 1.807) is 0 Å². The van der Waals surface area contributed by atoms with E-state index in [4.69, 9.17) is 0 Å². The Bertz CT molecular complexity index is 114. The van der Waals surface area contributed by atoms with Gasteiger partial charge in [-0.1, -0.05) is 78.1 Å². The Balaban J connectivity index is 2.37. The van der Waals surface area contributed by atoms with Gasteiger partial charge in [0.25, 0.3) is 0 Å². The fourth-order valence-corrected chi connectivity index (χ4v) is 3.09. The summed E-state index contributed by atoms with van der Waals surface area (Å²) in [4.78, 5) is 0. The van der Waals surface area contributed by atoms with Crippen LogP contribution in [0.3, 0.4) is 0 Å². The molecule has 1 saturated carbocycles. The average Bonchev–Trinajstić information content (AvgIpc) is 2.34. The van der Waals surface area contributed by atoms with Gasteiger partial charge >= 0.3 is 0 Å². The standard InChI is InChI=1S/C14H28/c1-3-13(4-2)14-11-9-7-5-6-8-10-12-14/h13-14H,3-12H2,1-2H3. The number of hydrogen-bond donors (Lipinski definition) is 0. The van der Waals surface area contributed by atoms with Crippen LogP contribution in [0.15, 0.2) is 0 Å². The molecule has 0 spiro atoms. The molecule has 0 N–H and O–H groups in total. The predicted octanol–water partition coefficient (Wildman–Crippen LogP) is 5.17. The molecule has 14 heavy (non-hydrogen) atoms. The van der Waals surface area contributed by atoms with Crippen molar-refractivity contribution in [1.29, 1.82) is 0 Å². The second-order valence-electron chi connectivity index (χ2n) is 5.04. The van der Waals surface area contributed by atoms with Crippen LogP contribution in [-0.2, 0) is 0 Å². The summed E-state index contributed by atoms with van der Waals surface area (Å²) < 4.78 is 0. The molecule has 0 nitrogen and oxygen atoms in total. The Morgan fingerprint density at radius 2 is 1.21 bits per heavy atom. The molecule has 0 aromatic carbocycles. The van der Waals surface area contributed by atoms with Crippen molar-refractivity contribution in [2.45, 2.75) is 78.1 Å². The quantitative estimate of drug-likeness (QED) is 0.584. The molecule has 0 heterocycles. The predicted molar refractivity (Wildman–Crippen MR) is 64.5 cm³/mol. The second kappa shape index (κ2) is 7.31. The summed E-state index contributed by atoms with van der Waals surface area (Å²) in [6, 6.07) is 0. The average molecular weight is 196 g/mol. The first-order valence-corrected chi connectivity index (χ1v) is 6.88. The molecule has 0 amide bonds. The van der Waals surface area contributed by atoms with Crippen molar-refractivity contribution in [1.82, 2.24) is 0 Å². The smallest absolute Gasteiger partial charge is 0.0386 e. The molecule has 0 unspecified atom stereocenters. The Morgan fingerprint density at radius 1 is 0.786 bits per heavy atom. The van der Waals surface area contributed by atoms with Gasteiger partial charge in [-0.2, -0.15) is 0 Å². The highest BCUT2D eigenvalue weighted by molar-refractivity contribution is 4.70. The first-order valence-electron chi connectivity index (χ1n) is 6.88. The van der Waals surface area contributed by atoms with Crippen LogP contribution in [0, 0.1) is 11.8 Å². The molecule has 84 valence electrons. The molecule has 0 radical (unpaired) electrons. The summed E-state index contributed by atoms with van der Waals surface area (Å²) in [7, 11) is 0. The maximum Gasteiger partial charge on any atom is -0.0386 e. The Hall–Kier alpha value is 0. The highest BCUT2D eigenvalue weighted by atomic mass is 14.2. The van der Waals surface area contributed by atoms with Crippen molar-refractivity contribution >= 4 is 0 Å². The zero-order valence-electron chi connectivity index (χ0n) is 10.2. The zero-order valence-corrected chi connectivity index (χ0v) is 10.2. The van der Waals surface area contributed by atoms with E-state index >= 15 is 0 Å². The third-order valence-corrected chi connectivity index (χ3v) is 4.12. The maximum absolute atomic E-state index is 2.38. The molecule has 0 saturated heterocycles. The van der Waals surface area contributed by atoms with E-state index < -0.39 is 0 Å². The first-order chi connectivity index (χ1) is 6.88. The summed E-state index contributed by atoms with van der Waals surface area (Å²) >= 11 is 0. The van der Waals surface area contributed by atoms with Gasteiger partial charge in [0.1, 0.15) is 0 Å². The lowest BCUT2D eigenvalue weighted by molar-refractivity contribution is 0.269. The third-order valence-electron chi connectivity index (χ3n) is 4.12. The van der Waals surface area contributed by atoms with E-state index in [-0.39, 0.29) is 0 Å². The molecule has 1 fully saturated rings. The van der Waals surface area contributed by atoms with Gasteiger partial charge in [0.05, 0.1) is 0 Å². The van der Waals surface area contributed by atoms with Crippen molar-refractivity contribution in [3.8, 4) is 0 Å². The van der Waals surface area contributed by atoms with Crippen molar-refractivity contribution < 1.29 is 0 Å². The van der Waals surface area contributed by atoms with Gasteiger partial charge < -0.3 is 0 Å². The van der Waals surface area contributed by atoms with Gasteiger partial charge in [0.15, 0.2) is 0 Å². The fraction of sp³-hybridized carbons (Fsp3) is 1.00. The third kappa shape index (κ3) is 4.02. The molecule has 0 bridgehead atoms. The van der Waals surface area contributed by atoms with Crippen LogP contribution in [0.4, 0.5) is 0 Å². The summed E-state index contributed by atoms with van der Waals surface area (Å²) in [5, 5.41) is 0. The Kier molecular flexibility index (Phi) is 6.31. The minimum atomic E-state index is 1.02. The summed E-state index contributed by atoms with van der Waals surface area (Å²) in [6.07, 6.45) is 14.8. The molecule has 0 aliphatic heterocycles. The summed E-state index contributed by atoms with van der Waals surface area (Å²) in [5.74, 6) is 2.08. The van der Waals surface area contributed by atoms with Crippen LogP contribution in [0.25, 0.3) is 0 Å². The molecule has 0 aromatic heterocycles. The van der Waals surface area contributed by atoms with Crippen LogP contribution >= 0.6 is 0 Å². The van der Waals surface area contributed by atoms with E-state index in [0.29, 0.717) is 0 Å². The van der Waals surface area contributed by atoms with Crippen LogP contribution in [0.2, 0.25) is 0 Å². The molecule has 0 heteroatoms. The first kappa shape index (κ1) is 12.1. The van der Waals surface area contributed by atoms with E-state index in [1.165, 1.54) is 64.2 Å². The van der Waals surface area contributed by atoms with Crippen LogP contribution in [0.1, 0.15) is 78.1 Å². The zero-order chi connectivity index (χ0) is 10.2. The molecular weight excluding hydrogens is 168 g/mol. The SMILES string of the molecule is CCC(CC)C1CCCCCCCC1. The van der Waals surface area contributed by atoms with Gasteiger partial charge in [-0.05, 0) is 11.8 Å². The fourth-order valence-electron chi connectivity index (χ4n) is 3.09. The molecule has 1 aliphatic carbocycles. The second-order valence-corrected chi connectivity index (χ2v) is 5.04. The van der Waals surface area contributed by atoms with Gasteiger partial charge in [-0.3, -0.25) is 0 Å². The van der Waals surface area contributed by atoms with Crippen molar-refractivity contribution in [2.75, 3.05) is 0 Å². The van der Waals surface area contributed by atoms with E-state index in [0.717, 1.165) is 11.8 Å². The summed E-state index contributed by atoms with van der Waals surface area (Å²) in [5.41, 5.74) is 0. The largest absolute Gasteiger partial charge is 0.0651 e. The van der Waals surface area contributed by atoms with Gasteiger partial charge in [-0.15, -0.1) is 0 Å². The van der Waals surface area contributed by atoms with E-state index in [2.05, 4.69) is 13.8 Å². The monoisotopic (exact) mass is 196 g/mol. The number of hydrogen-bond acceptors (Lipinski definition) is 0. The van der Waals surface area contributed by atoms with Crippen molar-refractivity contribution in [3.63, 3.8) is 0 Å². The molecule has 1 rings (SSSR count). The Morgan fingerprint density at radius 3 is 1.64 bits per heavy atom. The van der Waals surface area contributed by atoms with E-state index in [1.807, 2.05) is 0 Å². The topological polar surface area (TPSA) is 0 Å². The molecule has 1 aliphatic rings. The lowest BCUT2D eigenvalue weighted by Crippen LogP contribution is -2.13. The normalized spacial score (nSPS) is 21.6. The highest BCUT2D eigenvalue weighted by Gasteiger charge is 2.18. The van der Waals surface area contributed by atoms with Gasteiger partial charge in [0.2, 0.25) is 0 Å². The maximum atomic E-state index is 2.38. The number of rotatable bonds is 3. The lowest BCUT2D eigenvalue weighted by Gasteiger charge is -2.24. The molecule has 0 atom stereocenters. The van der Waals surface area contributed by atoms with Gasteiger partial charge in [0, 0.05) is 0 Å². The summed E-state index contributed by atoms with van der Waals surface area (Å²) in [6.45, 7) is 4.75. The lowest BCUT2D eigenvalue weighted by atomic mass is 9.81. The molecular formula is C14H28. The van der Waals surface area contributed by atoms with E-state index in [9.17, 15) is 0 Å². The van der Waals surface area contributed by atoms with Crippen molar-refractivity contribution in [3.05, 3.63) is 0 Å². The molecule has 0 aromatic rings. The van der Waals surface area contributed by atoms with Gasteiger partial charge in [-0.25, -0.2) is 0 Å². The highest BCUT2D eigenvalue weighted by Crippen LogP contribution is 2.31. The van der Waals surface area contributed by atoms with Crippen molar-refractivity contribution in [2.24, 2.45) is 11.8 Å². The minimum Gasteiger partial charge on any atom is -0.0651 e. The van der Waals surface area contributed by atoms with Crippen LogP contribution in [0.5, 0.6) is 0 Å². The Labute approximate surface area is 90.5 Å². The minimum absolute atomic E-state index is 1.02. The van der Waals surface area contributed by atoms with Crippen LogP contribution < -0.4 is 0 Å². The van der Waals surface area contributed by atoms with Crippen LogP contribution in [-0.4, -0.2) is 0 Å².